The second kappa shape index (κ2) is 9.20. The van der Waals surface area contributed by atoms with Crippen LogP contribution in [0.2, 0.25) is 0 Å². The molecule has 0 heterocycles. The standard InChI is InChI=1S/C22H18.2C2H6/c1-15-11-13-21(19-9-5-3-7-17(15)19)22-14-12-16(2)18-8-4-6-10-20(18)22;2*1-2/h3-14H,1-2H3;2*1-2H3. The van der Waals surface area contributed by atoms with Gasteiger partial charge in [-0.05, 0) is 57.6 Å². The Balaban J connectivity index is 0.000000570. The van der Waals surface area contributed by atoms with E-state index in [1.54, 1.807) is 0 Å². The van der Waals surface area contributed by atoms with Gasteiger partial charge >= 0.3 is 0 Å². The molecule has 0 heteroatoms. The highest BCUT2D eigenvalue weighted by Crippen LogP contribution is 2.35. The molecule has 0 atom stereocenters. The Morgan fingerprint density at radius 2 is 0.692 bits per heavy atom. The van der Waals surface area contributed by atoms with Crippen LogP contribution in [-0.4, -0.2) is 0 Å². The van der Waals surface area contributed by atoms with Crippen LogP contribution in [0.1, 0.15) is 38.8 Å². The van der Waals surface area contributed by atoms with Crippen molar-refractivity contribution in [3.63, 3.8) is 0 Å². The third kappa shape index (κ3) is 3.65. The predicted octanol–water partition coefficient (Wildman–Crippen LogP) is 8.33. The Morgan fingerprint density at radius 3 is 1.04 bits per heavy atom. The fraction of sp³-hybridized carbons (Fsp3) is 0.231. The third-order valence-corrected chi connectivity index (χ3v) is 4.57. The van der Waals surface area contributed by atoms with Crippen LogP contribution in [0.15, 0.2) is 72.8 Å². The maximum atomic E-state index is 2.26. The van der Waals surface area contributed by atoms with Gasteiger partial charge in [-0.25, -0.2) is 0 Å². The quantitative estimate of drug-likeness (QED) is 0.326. The summed E-state index contributed by atoms with van der Waals surface area (Å²) in [7, 11) is 0. The van der Waals surface area contributed by atoms with Crippen molar-refractivity contribution in [2.75, 3.05) is 0 Å². The molecule has 0 nitrogen and oxygen atoms in total. The van der Waals surface area contributed by atoms with Gasteiger partial charge in [0.15, 0.2) is 0 Å². The molecule has 0 aromatic heterocycles. The van der Waals surface area contributed by atoms with E-state index < -0.39 is 0 Å². The van der Waals surface area contributed by atoms with Gasteiger partial charge in [0.25, 0.3) is 0 Å². The number of benzene rings is 4. The Labute approximate surface area is 158 Å². The molecule has 0 saturated carbocycles. The summed E-state index contributed by atoms with van der Waals surface area (Å²) < 4.78 is 0. The maximum Gasteiger partial charge on any atom is -0.00990 e. The van der Waals surface area contributed by atoms with Crippen LogP contribution in [0.25, 0.3) is 32.7 Å². The van der Waals surface area contributed by atoms with Crippen molar-refractivity contribution in [3.05, 3.63) is 83.9 Å². The first-order chi connectivity index (χ1) is 12.8. The Bertz CT molecular complexity index is 910. The number of hydrogen-bond acceptors (Lipinski definition) is 0. The zero-order chi connectivity index (χ0) is 19.1. The fourth-order valence-electron chi connectivity index (χ4n) is 3.37. The molecule has 0 aliphatic rings. The van der Waals surface area contributed by atoms with E-state index in [1.807, 2.05) is 27.7 Å². The Kier molecular flexibility index (Phi) is 6.97. The summed E-state index contributed by atoms with van der Waals surface area (Å²) in [4.78, 5) is 0. The van der Waals surface area contributed by atoms with Crippen LogP contribution in [0.5, 0.6) is 0 Å². The van der Waals surface area contributed by atoms with Gasteiger partial charge in [0.05, 0.1) is 0 Å². The fourth-order valence-corrected chi connectivity index (χ4v) is 3.37. The molecule has 0 aliphatic carbocycles. The molecule has 0 spiro atoms. The minimum Gasteiger partial charge on any atom is -0.0683 e. The lowest BCUT2D eigenvalue weighted by Gasteiger charge is -2.13. The van der Waals surface area contributed by atoms with Crippen molar-refractivity contribution in [1.29, 1.82) is 0 Å². The van der Waals surface area contributed by atoms with Gasteiger partial charge in [0.1, 0.15) is 0 Å². The average Bonchev–Trinajstić information content (AvgIpc) is 2.73. The highest BCUT2D eigenvalue weighted by atomic mass is 14.1. The van der Waals surface area contributed by atoms with E-state index in [0.717, 1.165) is 0 Å². The minimum absolute atomic E-state index is 1.32. The van der Waals surface area contributed by atoms with Gasteiger partial charge < -0.3 is 0 Å². The van der Waals surface area contributed by atoms with Crippen molar-refractivity contribution in [2.45, 2.75) is 41.5 Å². The lowest BCUT2D eigenvalue weighted by molar-refractivity contribution is 1.50. The SMILES string of the molecule is CC.CC.Cc1ccc(-c2ccc(C)c3ccccc23)c2ccccc12. The smallest absolute Gasteiger partial charge is 0.00990 e. The van der Waals surface area contributed by atoms with Gasteiger partial charge in [-0.2, -0.15) is 0 Å². The number of rotatable bonds is 1. The van der Waals surface area contributed by atoms with Crippen molar-refractivity contribution < 1.29 is 0 Å². The summed E-state index contributed by atoms with van der Waals surface area (Å²) >= 11 is 0. The summed E-state index contributed by atoms with van der Waals surface area (Å²) in [5.41, 5.74) is 5.29. The van der Waals surface area contributed by atoms with E-state index in [-0.39, 0.29) is 0 Å². The second-order valence-electron chi connectivity index (χ2n) is 5.95. The monoisotopic (exact) mass is 342 g/mol. The van der Waals surface area contributed by atoms with Crippen LogP contribution < -0.4 is 0 Å². The number of aryl methyl sites for hydroxylation is 2. The normalized spacial score (nSPS) is 9.92. The van der Waals surface area contributed by atoms with Gasteiger partial charge in [0.2, 0.25) is 0 Å². The molecule has 0 radical (unpaired) electrons. The van der Waals surface area contributed by atoms with E-state index in [2.05, 4.69) is 86.6 Å². The molecule has 0 bridgehead atoms. The second-order valence-corrected chi connectivity index (χ2v) is 5.95. The molecule has 0 fully saturated rings. The van der Waals surface area contributed by atoms with Gasteiger partial charge in [-0.1, -0.05) is 100 Å². The minimum atomic E-state index is 1.32. The third-order valence-electron chi connectivity index (χ3n) is 4.57. The zero-order valence-electron chi connectivity index (χ0n) is 16.9. The molecule has 0 saturated heterocycles. The maximum absolute atomic E-state index is 2.26. The molecule has 0 unspecified atom stereocenters. The molecule has 4 aromatic rings. The summed E-state index contributed by atoms with van der Waals surface area (Å²) in [6, 6.07) is 26.3. The highest BCUT2D eigenvalue weighted by molar-refractivity contribution is 6.06. The van der Waals surface area contributed by atoms with Crippen molar-refractivity contribution >= 4 is 21.5 Å². The Hall–Kier alpha value is -2.60. The van der Waals surface area contributed by atoms with Crippen LogP contribution in [0.3, 0.4) is 0 Å². The van der Waals surface area contributed by atoms with E-state index in [1.165, 1.54) is 43.8 Å². The first-order valence-corrected chi connectivity index (χ1v) is 9.73. The predicted molar refractivity (Wildman–Crippen MR) is 119 cm³/mol. The van der Waals surface area contributed by atoms with Gasteiger partial charge in [0, 0.05) is 0 Å². The van der Waals surface area contributed by atoms with E-state index in [0.29, 0.717) is 0 Å². The summed E-state index contributed by atoms with van der Waals surface area (Å²) in [6.07, 6.45) is 0. The lowest BCUT2D eigenvalue weighted by Crippen LogP contribution is -1.87. The van der Waals surface area contributed by atoms with Crippen molar-refractivity contribution in [2.24, 2.45) is 0 Å². The molecular weight excluding hydrogens is 312 g/mol. The highest BCUT2D eigenvalue weighted by Gasteiger charge is 2.09. The average molecular weight is 343 g/mol. The van der Waals surface area contributed by atoms with Crippen LogP contribution in [0.4, 0.5) is 0 Å². The molecule has 26 heavy (non-hydrogen) atoms. The van der Waals surface area contributed by atoms with Crippen molar-refractivity contribution in [1.82, 2.24) is 0 Å². The van der Waals surface area contributed by atoms with Gasteiger partial charge in [-0.15, -0.1) is 0 Å². The zero-order valence-corrected chi connectivity index (χ0v) is 16.9. The van der Waals surface area contributed by atoms with Crippen LogP contribution in [-0.2, 0) is 0 Å². The van der Waals surface area contributed by atoms with Gasteiger partial charge in [-0.3, -0.25) is 0 Å². The summed E-state index contributed by atoms with van der Waals surface area (Å²) in [5.74, 6) is 0. The molecular formula is C26H30. The van der Waals surface area contributed by atoms with E-state index in [4.69, 9.17) is 0 Å². The Morgan fingerprint density at radius 1 is 0.385 bits per heavy atom. The summed E-state index contributed by atoms with van der Waals surface area (Å²) in [6.45, 7) is 12.4. The van der Waals surface area contributed by atoms with Crippen LogP contribution in [0, 0.1) is 13.8 Å². The molecule has 0 N–H and O–H groups in total. The lowest BCUT2D eigenvalue weighted by atomic mass is 9.91. The first-order valence-electron chi connectivity index (χ1n) is 9.73. The van der Waals surface area contributed by atoms with E-state index in [9.17, 15) is 0 Å². The molecule has 4 rings (SSSR count). The van der Waals surface area contributed by atoms with Crippen molar-refractivity contribution in [3.8, 4) is 11.1 Å². The number of hydrogen-bond donors (Lipinski definition) is 0. The topological polar surface area (TPSA) is 0 Å². The largest absolute Gasteiger partial charge is 0.0683 e. The molecule has 0 aliphatic heterocycles. The van der Waals surface area contributed by atoms with E-state index >= 15 is 0 Å². The number of fused-ring (bicyclic) bond motifs is 2. The summed E-state index contributed by atoms with van der Waals surface area (Å²) in [5, 5.41) is 5.34. The first kappa shape index (κ1) is 19.7. The molecule has 134 valence electrons. The molecule has 4 aromatic carbocycles. The van der Waals surface area contributed by atoms with Crippen LogP contribution >= 0.6 is 0 Å². The molecule has 0 amide bonds.